The van der Waals surface area contributed by atoms with E-state index in [0.717, 1.165) is 28.7 Å². The minimum Gasteiger partial charge on any atom is -0.352 e. The number of amides is 2. The summed E-state index contributed by atoms with van der Waals surface area (Å²) in [5, 5.41) is 3.15. The van der Waals surface area contributed by atoms with Gasteiger partial charge in [0.1, 0.15) is 6.04 Å². The molecule has 0 spiro atoms. The van der Waals surface area contributed by atoms with E-state index in [1.807, 2.05) is 111 Å². The highest BCUT2D eigenvalue weighted by Crippen LogP contribution is 2.30. The maximum absolute atomic E-state index is 14.3. The summed E-state index contributed by atoms with van der Waals surface area (Å²) in [5.74, 6) is -0.279. The standard InChI is InChI=1S/C35H38N2O2/c1-3-27(2)36-35(39)33(24-28-16-8-4-9-17-28)37(26-29-18-10-5-11-19-29)34(38)25-32(30-20-12-6-13-21-30)31-22-14-7-15-23-31/h4-23,27,32-33H,3,24-26H2,1-2H3,(H,36,39)/t27-,33-/m1/s1. The van der Waals surface area contributed by atoms with Crippen LogP contribution in [0, 0.1) is 0 Å². The molecule has 4 nitrogen and oxygen atoms in total. The van der Waals surface area contributed by atoms with Gasteiger partial charge >= 0.3 is 0 Å². The second kappa shape index (κ2) is 14.1. The van der Waals surface area contributed by atoms with Gasteiger partial charge in [0.25, 0.3) is 0 Å². The van der Waals surface area contributed by atoms with E-state index in [-0.39, 0.29) is 30.2 Å². The van der Waals surface area contributed by atoms with Gasteiger partial charge in [-0.1, -0.05) is 128 Å². The molecule has 39 heavy (non-hydrogen) atoms. The molecule has 0 aliphatic carbocycles. The van der Waals surface area contributed by atoms with Crippen molar-refractivity contribution < 1.29 is 9.59 Å². The molecule has 4 rings (SSSR count). The first-order chi connectivity index (χ1) is 19.0. The quantitative estimate of drug-likeness (QED) is 0.225. The molecule has 0 aliphatic heterocycles. The summed E-state index contributed by atoms with van der Waals surface area (Å²) in [7, 11) is 0. The lowest BCUT2D eigenvalue weighted by Crippen LogP contribution is -2.52. The summed E-state index contributed by atoms with van der Waals surface area (Å²) in [4.78, 5) is 29.9. The van der Waals surface area contributed by atoms with Gasteiger partial charge in [0.2, 0.25) is 11.8 Å². The van der Waals surface area contributed by atoms with Crippen molar-refractivity contribution in [3.05, 3.63) is 144 Å². The SMILES string of the molecule is CC[C@@H](C)NC(=O)[C@@H](Cc1ccccc1)N(Cc1ccccc1)C(=O)CC(c1ccccc1)c1ccccc1. The number of hydrogen-bond donors (Lipinski definition) is 1. The molecule has 0 aromatic heterocycles. The number of hydrogen-bond acceptors (Lipinski definition) is 2. The zero-order valence-corrected chi connectivity index (χ0v) is 22.9. The number of nitrogens with one attached hydrogen (secondary N) is 1. The fourth-order valence-corrected chi connectivity index (χ4v) is 4.87. The van der Waals surface area contributed by atoms with E-state index >= 15 is 0 Å². The van der Waals surface area contributed by atoms with Crippen LogP contribution in [-0.2, 0) is 22.6 Å². The van der Waals surface area contributed by atoms with Gasteiger partial charge in [-0.25, -0.2) is 0 Å². The Morgan fingerprint density at radius 1 is 0.692 bits per heavy atom. The molecule has 0 heterocycles. The van der Waals surface area contributed by atoms with Gasteiger partial charge in [0.05, 0.1) is 0 Å². The third-order valence-corrected chi connectivity index (χ3v) is 7.25. The lowest BCUT2D eigenvalue weighted by molar-refractivity contribution is -0.141. The molecular weight excluding hydrogens is 480 g/mol. The largest absolute Gasteiger partial charge is 0.352 e. The highest BCUT2D eigenvalue weighted by atomic mass is 16.2. The van der Waals surface area contributed by atoms with Crippen LogP contribution in [-0.4, -0.2) is 28.8 Å². The van der Waals surface area contributed by atoms with E-state index in [2.05, 4.69) is 29.6 Å². The lowest BCUT2D eigenvalue weighted by atomic mass is 9.87. The van der Waals surface area contributed by atoms with Gasteiger partial charge in [-0.15, -0.1) is 0 Å². The second-order valence-electron chi connectivity index (χ2n) is 10.1. The summed E-state index contributed by atoms with van der Waals surface area (Å²) in [5.41, 5.74) is 4.19. The molecule has 4 aromatic carbocycles. The normalized spacial score (nSPS) is 12.5. The second-order valence-corrected chi connectivity index (χ2v) is 10.1. The predicted octanol–water partition coefficient (Wildman–Crippen LogP) is 6.76. The van der Waals surface area contributed by atoms with Crippen molar-refractivity contribution in [2.75, 3.05) is 0 Å². The number of benzene rings is 4. The summed E-state index contributed by atoms with van der Waals surface area (Å²) in [6, 6.07) is 39.6. The van der Waals surface area contributed by atoms with Crippen molar-refractivity contribution in [3.8, 4) is 0 Å². The average Bonchev–Trinajstić information content (AvgIpc) is 2.99. The Morgan fingerprint density at radius 3 is 1.64 bits per heavy atom. The highest BCUT2D eigenvalue weighted by Gasteiger charge is 2.32. The average molecular weight is 519 g/mol. The van der Waals surface area contributed by atoms with Crippen LogP contribution in [0.5, 0.6) is 0 Å². The summed E-state index contributed by atoms with van der Waals surface area (Å²) >= 11 is 0. The first-order valence-corrected chi connectivity index (χ1v) is 13.8. The fourth-order valence-electron chi connectivity index (χ4n) is 4.87. The van der Waals surface area contributed by atoms with Gasteiger partial charge in [-0.2, -0.15) is 0 Å². The predicted molar refractivity (Wildman–Crippen MR) is 158 cm³/mol. The topological polar surface area (TPSA) is 49.4 Å². The smallest absolute Gasteiger partial charge is 0.243 e. The molecule has 2 amide bonds. The van der Waals surface area contributed by atoms with Gasteiger partial charge in [0, 0.05) is 31.3 Å². The maximum atomic E-state index is 14.3. The molecule has 0 unspecified atom stereocenters. The molecule has 0 saturated carbocycles. The lowest BCUT2D eigenvalue weighted by Gasteiger charge is -2.33. The molecule has 2 atom stereocenters. The van der Waals surface area contributed by atoms with Crippen molar-refractivity contribution in [1.29, 1.82) is 0 Å². The minimum atomic E-state index is -0.638. The van der Waals surface area contributed by atoms with Gasteiger partial charge in [0.15, 0.2) is 0 Å². The molecule has 4 heteroatoms. The van der Waals surface area contributed by atoms with E-state index in [1.165, 1.54) is 0 Å². The first-order valence-electron chi connectivity index (χ1n) is 13.8. The number of nitrogens with zero attached hydrogens (tertiary/aromatic N) is 1. The Hall–Kier alpha value is -4.18. The van der Waals surface area contributed by atoms with E-state index in [9.17, 15) is 9.59 Å². The van der Waals surface area contributed by atoms with E-state index < -0.39 is 6.04 Å². The van der Waals surface area contributed by atoms with Crippen LogP contribution < -0.4 is 5.32 Å². The summed E-state index contributed by atoms with van der Waals surface area (Å²) < 4.78 is 0. The highest BCUT2D eigenvalue weighted by molar-refractivity contribution is 5.88. The van der Waals surface area contributed by atoms with Crippen LogP contribution >= 0.6 is 0 Å². The van der Waals surface area contributed by atoms with Crippen molar-refractivity contribution >= 4 is 11.8 Å². The van der Waals surface area contributed by atoms with Crippen LogP contribution in [0.25, 0.3) is 0 Å². The third-order valence-electron chi connectivity index (χ3n) is 7.25. The van der Waals surface area contributed by atoms with Crippen LogP contribution in [0.1, 0.15) is 54.9 Å². The third kappa shape index (κ3) is 7.90. The Labute approximate surface area is 232 Å². The summed E-state index contributed by atoms with van der Waals surface area (Å²) in [6.45, 7) is 4.41. The monoisotopic (exact) mass is 518 g/mol. The van der Waals surface area contributed by atoms with Crippen molar-refractivity contribution in [1.82, 2.24) is 10.2 Å². The maximum Gasteiger partial charge on any atom is 0.243 e. The van der Waals surface area contributed by atoms with Crippen molar-refractivity contribution in [2.45, 2.75) is 57.7 Å². The van der Waals surface area contributed by atoms with Gasteiger partial charge in [-0.05, 0) is 35.6 Å². The van der Waals surface area contributed by atoms with Crippen LogP contribution in [0.3, 0.4) is 0 Å². The van der Waals surface area contributed by atoms with Crippen molar-refractivity contribution in [3.63, 3.8) is 0 Å². The van der Waals surface area contributed by atoms with Crippen LogP contribution in [0.15, 0.2) is 121 Å². The van der Waals surface area contributed by atoms with E-state index in [1.54, 1.807) is 4.90 Å². The zero-order chi connectivity index (χ0) is 27.5. The van der Waals surface area contributed by atoms with Crippen LogP contribution in [0.4, 0.5) is 0 Å². The Kier molecular flexibility index (Phi) is 10.1. The van der Waals surface area contributed by atoms with Crippen molar-refractivity contribution in [2.24, 2.45) is 0 Å². The van der Waals surface area contributed by atoms with Gasteiger partial charge < -0.3 is 10.2 Å². The Morgan fingerprint density at radius 2 is 1.15 bits per heavy atom. The minimum absolute atomic E-state index is 0.0193. The molecular formula is C35H38N2O2. The van der Waals surface area contributed by atoms with Crippen LogP contribution in [0.2, 0.25) is 0 Å². The molecule has 0 radical (unpaired) electrons. The van der Waals surface area contributed by atoms with E-state index in [4.69, 9.17) is 0 Å². The molecule has 0 aliphatic rings. The fraction of sp³-hybridized carbons (Fsp3) is 0.257. The Balaban J connectivity index is 1.72. The molecule has 0 saturated heterocycles. The molecule has 0 bridgehead atoms. The molecule has 0 fully saturated rings. The van der Waals surface area contributed by atoms with E-state index in [0.29, 0.717) is 13.0 Å². The molecule has 4 aromatic rings. The zero-order valence-electron chi connectivity index (χ0n) is 22.9. The number of rotatable bonds is 12. The number of carbonyl (C=O) groups excluding carboxylic acids is 2. The molecule has 1 N–H and O–H groups in total. The Bertz CT molecular complexity index is 1250. The first kappa shape index (κ1) is 27.8. The number of carbonyl (C=O) groups is 2. The summed E-state index contributed by atoms with van der Waals surface area (Å²) in [6.07, 6.45) is 1.53. The molecule has 200 valence electrons. The van der Waals surface area contributed by atoms with Gasteiger partial charge in [-0.3, -0.25) is 9.59 Å².